The smallest absolute Gasteiger partial charge is 0.332 e. The Morgan fingerprint density at radius 1 is 1.03 bits per heavy atom. The third-order valence-corrected chi connectivity index (χ3v) is 6.72. The number of imidazole rings is 1. The van der Waals surface area contributed by atoms with Crippen molar-refractivity contribution in [2.45, 2.75) is 90.6 Å². The van der Waals surface area contributed by atoms with Crippen molar-refractivity contribution in [3.8, 4) is 0 Å². The first-order valence-electron chi connectivity index (χ1n) is 12.7. The van der Waals surface area contributed by atoms with E-state index in [-0.39, 0.29) is 23.1 Å². The van der Waals surface area contributed by atoms with Gasteiger partial charge in [0.2, 0.25) is 5.91 Å². The van der Waals surface area contributed by atoms with Crippen molar-refractivity contribution in [2.75, 3.05) is 7.11 Å². The Labute approximate surface area is 206 Å². The Hall–Kier alpha value is -2.91. The van der Waals surface area contributed by atoms with Gasteiger partial charge in [0.15, 0.2) is 11.2 Å². The van der Waals surface area contributed by atoms with E-state index in [2.05, 4.69) is 10.3 Å². The van der Waals surface area contributed by atoms with Crippen molar-refractivity contribution in [1.29, 1.82) is 0 Å². The standard InChI is InChI=1S/C25H41N5O5/c1-6-18(2)20(24(33)35-5)27-19(31)15-13-11-9-7-8-10-12-14-16-30-23(32)21-22(26-17-28(21)3)29(4)25(30)34/h17-18,20H,6-16H2,1-5H3,(H,27,31). The Kier molecular flexibility index (Phi) is 11.2. The quantitative estimate of drug-likeness (QED) is 0.302. The molecule has 2 unspecified atom stereocenters. The molecule has 196 valence electrons. The Balaban J connectivity index is 1.62. The van der Waals surface area contributed by atoms with Crippen molar-refractivity contribution in [2.24, 2.45) is 20.0 Å². The highest BCUT2D eigenvalue weighted by atomic mass is 16.5. The van der Waals surface area contributed by atoms with Gasteiger partial charge in [-0.15, -0.1) is 0 Å². The molecule has 10 nitrogen and oxygen atoms in total. The highest BCUT2D eigenvalue weighted by Gasteiger charge is 2.26. The number of methoxy groups -OCH3 is 1. The number of esters is 1. The molecule has 2 aromatic rings. The van der Waals surface area contributed by atoms with E-state index in [4.69, 9.17) is 4.74 Å². The highest BCUT2D eigenvalue weighted by Crippen LogP contribution is 2.12. The molecular weight excluding hydrogens is 450 g/mol. The lowest BCUT2D eigenvalue weighted by Crippen LogP contribution is -2.45. The molecule has 0 spiro atoms. The highest BCUT2D eigenvalue weighted by molar-refractivity contribution is 5.84. The second kappa shape index (κ2) is 13.8. The molecule has 2 aromatic heterocycles. The van der Waals surface area contributed by atoms with Crippen LogP contribution in [-0.4, -0.2) is 43.7 Å². The first kappa shape index (κ1) is 28.3. The number of hydrogen-bond donors (Lipinski definition) is 1. The number of fused-ring (bicyclic) bond motifs is 1. The van der Waals surface area contributed by atoms with Gasteiger partial charge >= 0.3 is 11.7 Å². The van der Waals surface area contributed by atoms with E-state index in [1.54, 1.807) is 25.0 Å². The van der Waals surface area contributed by atoms with Gasteiger partial charge < -0.3 is 14.6 Å². The van der Waals surface area contributed by atoms with E-state index in [1.165, 1.54) is 16.2 Å². The van der Waals surface area contributed by atoms with Crippen molar-refractivity contribution < 1.29 is 14.3 Å². The predicted octanol–water partition coefficient (Wildman–Crippen LogP) is 2.65. The minimum atomic E-state index is -0.584. The Morgan fingerprint density at radius 3 is 2.23 bits per heavy atom. The van der Waals surface area contributed by atoms with E-state index < -0.39 is 12.0 Å². The van der Waals surface area contributed by atoms with Crippen molar-refractivity contribution >= 4 is 23.0 Å². The molecule has 0 radical (unpaired) electrons. The Bertz CT molecular complexity index is 1100. The average molecular weight is 492 g/mol. The number of nitrogens with one attached hydrogen (secondary N) is 1. The Morgan fingerprint density at radius 2 is 1.63 bits per heavy atom. The lowest BCUT2D eigenvalue weighted by atomic mass is 9.99. The van der Waals surface area contributed by atoms with E-state index in [0.29, 0.717) is 24.1 Å². The predicted molar refractivity (Wildman–Crippen MR) is 135 cm³/mol. The lowest BCUT2D eigenvalue weighted by molar-refractivity contribution is -0.146. The van der Waals surface area contributed by atoms with E-state index in [0.717, 1.165) is 57.8 Å². The zero-order chi connectivity index (χ0) is 26.0. The van der Waals surface area contributed by atoms with Gasteiger partial charge in [-0.3, -0.25) is 18.7 Å². The second-order valence-corrected chi connectivity index (χ2v) is 9.36. The number of amides is 1. The lowest BCUT2D eigenvalue weighted by Gasteiger charge is -2.21. The van der Waals surface area contributed by atoms with Crippen LogP contribution in [0.15, 0.2) is 15.9 Å². The normalized spacial score (nSPS) is 13.1. The van der Waals surface area contributed by atoms with Gasteiger partial charge in [0.1, 0.15) is 6.04 Å². The van der Waals surface area contributed by atoms with Crippen LogP contribution in [0.1, 0.15) is 78.1 Å². The summed E-state index contributed by atoms with van der Waals surface area (Å²) in [7, 11) is 4.73. The van der Waals surface area contributed by atoms with Crippen LogP contribution in [0.2, 0.25) is 0 Å². The minimum absolute atomic E-state index is 0.0334. The first-order valence-corrected chi connectivity index (χ1v) is 12.7. The monoisotopic (exact) mass is 491 g/mol. The van der Waals surface area contributed by atoms with Crippen LogP contribution < -0.4 is 16.6 Å². The van der Waals surface area contributed by atoms with Crippen molar-refractivity contribution in [3.05, 3.63) is 27.2 Å². The molecule has 2 rings (SSSR count). The average Bonchev–Trinajstić information content (AvgIpc) is 3.24. The number of aryl methyl sites for hydroxylation is 2. The molecule has 1 N–H and O–H groups in total. The van der Waals surface area contributed by atoms with Crippen LogP contribution in [0.3, 0.4) is 0 Å². The number of rotatable bonds is 15. The topological polar surface area (TPSA) is 117 Å². The molecule has 1 amide bonds. The molecule has 0 bridgehead atoms. The van der Waals surface area contributed by atoms with Crippen molar-refractivity contribution in [1.82, 2.24) is 24.0 Å². The van der Waals surface area contributed by atoms with Crippen LogP contribution in [0, 0.1) is 5.92 Å². The number of carbonyl (C=O) groups excluding carboxylic acids is 2. The van der Waals surface area contributed by atoms with Gasteiger partial charge in [-0.2, -0.15) is 0 Å². The summed E-state index contributed by atoms with van der Waals surface area (Å²) in [6.45, 7) is 4.32. The summed E-state index contributed by atoms with van der Waals surface area (Å²) in [5.41, 5.74) is 0.248. The molecule has 35 heavy (non-hydrogen) atoms. The molecule has 2 heterocycles. The van der Waals surface area contributed by atoms with Gasteiger partial charge in [0, 0.05) is 27.1 Å². The van der Waals surface area contributed by atoms with Gasteiger partial charge in [-0.25, -0.2) is 14.6 Å². The zero-order valence-electron chi connectivity index (χ0n) is 21.8. The maximum absolute atomic E-state index is 12.7. The molecule has 0 aromatic carbocycles. The summed E-state index contributed by atoms with van der Waals surface area (Å²) in [6.07, 6.45) is 10.5. The fraction of sp³-hybridized carbons (Fsp3) is 0.720. The van der Waals surface area contributed by atoms with Crippen molar-refractivity contribution in [3.63, 3.8) is 0 Å². The first-order chi connectivity index (χ1) is 16.7. The van der Waals surface area contributed by atoms with Crippen LogP contribution >= 0.6 is 0 Å². The van der Waals surface area contributed by atoms with E-state index >= 15 is 0 Å². The molecule has 0 saturated heterocycles. The summed E-state index contributed by atoms with van der Waals surface area (Å²) in [5, 5.41) is 2.81. The number of ether oxygens (including phenoxy) is 1. The molecule has 0 aliphatic rings. The number of unbranched alkanes of at least 4 members (excludes halogenated alkanes) is 7. The summed E-state index contributed by atoms with van der Waals surface area (Å²) >= 11 is 0. The van der Waals surface area contributed by atoms with Gasteiger partial charge in [0.05, 0.1) is 13.4 Å². The number of nitrogens with zero attached hydrogens (tertiary/aromatic N) is 4. The number of aromatic nitrogens is 4. The zero-order valence-corrected chi connectivity index (χ0v) is 21.8. The van der Waals surface area contributed by atoms with Gasteiger partial charge in [-0.1, -0.05) is 58.8 Å². The molecule has 2 atom stereocenters. The van der Waals surface area contributed by atoms with E-state index in [9.17, 15) is 19.2 Å². The van der Waals surface area contributed by atoms with Gasteiger partial charge in [0.25, 0.3) is 5.56 Å². The maximum atomic E-state index is 12.7. The van der Waals surface area contributed by atoms with Crippen LogP contribution in [-0.2, 0) is 35.0 Å². The molecular formula is C25H41N5O5. The third kappa shape index (κ3) is 7.53. The summed E-state index contributed by atoms with van der Waals surface area (Å²) in [5.74, 6) is -0.465. The van der Waals surface area contributed by atoms with Crippen LogP contribution in [0.5, 0.6) is 0 Å². The largest absolute Gasteiger partial charge is 0.467 e. The summed E-state index contributed by atoms with van der Waals surface area (Å²) in [4.78, 5) is 53.4. The van der Waals surface area contributed by atoms with Gasteiger partial charge in [-0.05, 0) is 18.8 Å². The number of carbonyl (C=O) groups is 2. The second-order valence-electron chi connectivity index (χ2n) is 9.36. The molecule has 0 fully saturated rings. The minimum Gasteiger partial charge on any atom is -0.467 e. The SMILES string of the molecule is CCC(C)C(NC(=O)CCCCCCCCCCn1c(=O)c2c(ncn2C)n(C)c1=O)C(=O)OC. The summed E-state index contributed by atoms with van der Waals surface area (Å²) in [6, 6.07) is -0.584. The summed E-state index contributed by atoms with van der Waals surface area (Å²) < 4.78 is 9.19. The van der Waals surface area contributed by atoms with E-state index in [1.807, 2.05) is 13.8 Å². The maximum Gasteiger partial charge on any atom is 0.332 e. The molecule has 10 heteroatoms. The fourth-order valence-electron chi connectivity index (χ4n) is 4.25. The number of hydrogen-bond acceptors (Lipinski definition) is 6. The third-order valence-electron chi connectivity index (χ3n) is 6.72. The molecule has 0 saturated carbocycles. The fourth-order valence-corrected chi connectivity index (χ4v) is 4.25. The molecule has 0 aliphatic carbocycles. The van der Waals surface area contributed by atoms with Crippen LogP contribution in [0.4, 0.5) is 0 Å². The van der Waals surface area contributed by atoms with Crippen LogP contribution in [0.25, 0.3) is 11.2 Å². The molecule has 0 aliphatic heterocycles.